The molecule has 0 aliphatic rings. The third-order valence-electron chi connectivity index (χ3n) is 4.15. The van der Waals surface area contributed by atoms with E-state index in [0.29, 0.717) is 12.1 Å². The van der Waals surface area contributed by atoms with Crippen molar-refractivity contribution in [1.82, 2.24) is 4.98 Å². The van der Waals surface area contributed by atoms with Crippen LogP contribution < -0.4 is 4.90 Å². The van der Waals surface area contributed by atoms with E-state index in [4.69, 9.17) is 9.84 Å². The molecule has 0 aliphatic heterocycles. The van der Waals surface area contributed by atoms with Gasteiger partial charge in [0.15, 0.2) is 0 Å². The molecule has 2 rings (SSSR count). The van der Waals surface area contributed by atoms with E-state index in [1.165, 1.54) is 4.90 Å². The highest BCUT2D eigenvalue weighted by Crippen LogP contribution is 2.24. The Morgan fingerprint density at radius 3 is 2.39 bits per heavy atom. The SMILES string of the molecule is CN(C(=O)OC(C)(C)C)c1ccnc(-c2ccc(CCCCC(=O)O)cc2)c1. The standard InChI is InChI=1S/C22H28N2O4/c1-22(2,3)28-21(27)24(4)18-13-14-23-19(15-18)17-11-9-16(10-12-17)7-5-6-8-20(25)26/h9-15H,5-8H2,1-4H3,(H,25,26). The lowest BCUT2D eigenvalue weighted by Gasteiger charge is -2.24. The van der Waals surface area contributed by atoms with Gasteiger partial charge >= 0.3 is 12.1 Å². The number of pyridine rings is 1. The number of aromatic nitrogens is 1. The van der Waals surface area contributed by atoms with Crippen LogP contribution >= 0.6 is 0 Å². The maximum atomic E-state index is 12.3. The fourth-order valence-corrected chi connectivity index (χ4v) is 2.67. The van der Waals surface area contributed by atoms with Crippen LogP contribution in [0.25, 0.3) is 11.3 Å². The largest absolute Gasteiger partial charge is 0.481 e. The Bertz CT molecular complexity index is 810. The predicted molar refractivity (Wildman–Crippen MR) is 110 cm³/mol. The number of amides is 1. The molecule has 150 valence electrons. The van der Waals surface area contributed by atoms with Crippen molar-refractivity contribution < 1.29 is 19.4 Å². The monoisotopic (exact) mass is 384 g/mol. The molecule has 0 spiro atoms. The van der Waals surface area contributed by atoms with Crippen molar-refractivity contribution in [2.45, 2.75) is 52.1 Å². The highest BCUT2D eigenvalue weighted by Gasteiger charge is 2.20. The zero-order chi connectivity index (χ0) is 20.7. The van der Waals surface area contributed by atoms with E-state index in [0.717, 1.165) is 29.7 Å². The molecule has 0 saturated carbocycles. The quantitative estimate of drug-likeness (QED) is 0.686. The van der Waals surface area contributed by atoms with Crippen LogP contribution in [0.5, 0.6) is 0 Å². The molecule has 0 saturated heterocycles. The molecule has 1 aromatic heterocycles. The number of aliphatic carboxylic acids is 1. The lowest BCUT2D eigenvalue weighted by atomic mass is 10.0. The average molecular weight is 384 g/mol. The summed E-state index contributed by atoms with van der Waals surface area (Å²) in [5.74, 6) is -0.752. The van der Waals surface area contributed by atoms with Crippen molar-refractivity contribution in [3.05, 3.63) is 48.2 Å². The normalized spacial score (nSPS) is 11.1. The summed E-state index contributed by atoms with van der Waals surface area (Å²) in [6.45, 7) is 5.50. The Hall–Kier alpha value is -2.89. The number of carbonyl (C=O) groups excluding carboxylic acids is 1. The van der Waals surface area contributed by atoms with Crippen molar-refractivity contribution >= 4 is 17.7 Å². The third-order valence-corrected chi connectivity index (χ3v) is 4.15. The van der Waals surface area contributed by atoms with Crippen LogP contribution in [0.1, 0.15) is 45.6 Å². The molecule has 0 radical (unpaired) electrons. The fourth-order valence-electron chi connectivity index (χ4n) is 2.67. The van der Waals surface area contributed by atoms with Crippen molar-refractivity contribution in [2.75, 3.05) is 11.9 Å². The summed E-state index contributed by atoms with van der Waals surface area (Å²) < 4.78 is 5.41. The summed E-state index contributed by atoms with van der Waals surface area (Å²) in [7, 11) is 1.67. The van der Waals surface area contributed by atoms with Crippen LogP contribution in [0.15, 0.2) is 42.6 Å². The van der Waals surface area contributed by atoms with Crippen molar-refractivity contribution in [1.29, 1.82) is 0 Å². The van der Waals surface area contributed by atoms with Crippen molar-refractivity contribution in [2.24, 2.45) is 0 Å². The molecule has 0 bridgehead atoms. The Morgan fingerprint density at radius 2 is 1.79 bits per heavy atom. The van der Waals surface area contributed by atoms with E-state index in [-0.39, 0.29) is 6.42 Å². The highest BCUT2D eigenvalue weighted by molar-refractivity contribution is 5.88. The van der Waals surface area contributed by atoms with Gasteiger partial charge in [-0.15, -0.1) is 0 Å². The number of unbranched alkanes of at least 4 members (excludes halogenated alkanes) is 1. The Kier molecular flexibility index (Phi) is 7.15. The molecule has 6 heteroatoms. The summed E-state index contributed by atoms with van der Waals surface area (Å²) in [5.41, 5.74) is 3.04. The zero-order valence-electron chi connectivity index (χ0n) is 16.9. The molecule has 0 unspecified atom stereocenters. The predicted octanol–water partition coefficient (Wildman–Crippen LogP) is 4.92. The number of ether oxygens (including phenoxy) is 1. The molecule has 1 heterocycles. The van der Waals surface area contributed by atoms with Gasteiger partial charge in [0.2, 0.25) is 0 Å². The van der Waals surface area contributed by atoms with Gasteiger partial charge in [0, 0.05) is 25.2 Å². The minimum Gasteiger partial charge on any atom is -0.481 e. The van der Waals surface area contributed by atoms with Gasteiger partial charge in [0.1, 0.15) is 5.60 Å². The molecule has 0 atom stereocenters. The number of carboxylic acids is 1. The minimum atomic E-state index is -0.752. The number of aryl methyl sites for hydroxylation is 1. The van der Waals surface area contributed by atoms with Crippen LogP contribution in [0.3, 0.4) is 0 Å². The molecular weight excluding hydrogens is 356 g/mol. The fraction of sp³-hybridized carbons (Fsp3) is 0.409. The second kappa shape index (κ2) is 9.35. The second-order valence-corrected chi connectivity index (χ2v) is 7.74. The number of anilines is 1. The van der Waals surface area contributed by atoms with Gasteiger partial charge in [-0.3, -0.25) is 14.7 Å². The van der Waals surface area contributed by atoms with Gasteiger partial charge < -0.3 is 9.84 Å². The summed E-state index contributed by atoms with van der Waals surface area (Å²) in [5, 5.41) is 8.68. The second-order valence-electron chi connectivity index (χ2n) is 7.74. The minimum absolute atomic E-state index is 0.208. The van der Waals surface area contributed by atoms with Crippen LogP contribution in [-0.4, -0.2) is 34.8 Å². The first kappa shape index (κ1) is 21.4. The van der Waals surface area contributed by atoms with Gasteiger partial charge in [-0.05, 0) is 57.7 Å². The number of carbonyl (C=O) groups is 2. The molecule has 0 aliphatic carbocycles. The topological polar surface area (TPSA) is 79.7 Å². The molecular formula is C22H28N2O4. The van der Waals surface area contributed by atoms with Crippen LogP contribution in [0.2, 0.25) is 0 Å². The Morgan fingerprint density at radius 1 is 1.11 bits per heavy atom. The number of rotatable bonds is 7. The van der Waals surface area contributed by atoms with Gasteiger partial charge in [-0.25, -0.2) is 4.79 Å². The van der Waals surface area contributed by atoms with Crippen LogP contribution in [0.4, 0.5) is 10.5 Å². The lowest BCUT2D eigenvalue weighted by molar-refractivity contribution is -0.137. The lowest BCUT2D eigenvalue weighted by Crippen LogP contribution is -2.34. The van der Waals surface area contributed by atoms with Gasteiger partial charge in [0.25, 0.3) is 0 Å². The Labute approximate surface area is 166 Å². The van der Waals surface area contributed by atoms with Crippen molar-refractivity contribution in [3.8, 4) is 11.3 Å². The number of nitrogens with zero attached hydrogens (tertiary/aromatic N) is 2. The first-order valence-corrected chi connectivity index (χ1v) is 9.39. The van der Waals surface area contributed by atoms with Gasteiger partial charge in [-0.2, -0.15) is 0 Å². The maximum Gasteiger partial charge on any atom is 0.414 e. The van der Waals surface area contributed by atoms with Crippen LogP contribution in [-0.2, 0) is 16.0 Å². The summed E-state index contributed by atoms with van der Waals surface area (Å²) >= 11 is 0. The Balaban J connectivity index is 2.05. The summed E-state index contributed by atoms with van der Waals surface area (Å²) in [6.07, 6.45) is 3.84. The first-order chi connectivity index (χ1) is 13.2. The summed E-state index contributed by atoms with van der Waals surface area (Å²) in [6, 6.07) is 11.7. The van der Waals surface area contributed by atoms with Gasteiger partial charge in [-0.1, -0.05) is 24.3 Å². The van der Waals surface area contributed by atoms with E-state index in [1.807, 2.05) is 51.1 Å². The molecule has 28 heavy (non-hydrogen) atoms. The summed E-state index contributed by atoms with van der Waals surface area (Å²) in [4.78, 5) is 28.7. The number of carboxylic acid groups (broad SMARTS) is 1. The first-order valence-electron chi connectivity index (χ1n) is 9.39. The molecule has 1 N–H and O–H groups in total. The molecule has 0 fully saturated rings. The zero-order valence-corrected chi connectivity index (χ0v) is 16.9. The third kappa shape index (κ3) is 6.68. The van der Waals surface area contributed by atoms with E-state index in [9.17, 15) is 9.59 Å². The van der Waals surface area contributed by atoms with E-state index in [2.05, 4.69) is 4.98 Å². The van der Waals surface area contributed by atoms with E-state index in [1.54, 1.807) is 19.3 Å². The number of hydrogen-bond donors (Lipinski definition) is 1. The average Bonchev–Trinajstić information content (AvgIpc) is 2.63. The van der Waals surface area contributed by atoms with E-state index >= 15 is 0 Å². The molecule has 1 aromatic carbocycles. The maximum absolute atomic E-state index is 12.3. The number of benzene rings is 1. The van der Waals surface area contributed by atoms with Gasteiger partial charge in [0.05, 0.1) is 11.4 Å². The van der Waals surface area contributed by atoms with Crippen LogP contribution in [0, 0.1) is 0 Å². The number of hydrogen-bond acceptors (Lipinski definition) is 4. The smallest absolute Gasteiger partial charge is 0.414 e. The molecule has 6 nitrogen and oxygen atoms in total. The van der Waals surface area contributed by atoms with Crippen molar-refractivity contribution in [3.63, 3.8) is 0 Å². The molecule has 1 amide bonds. The molecule has 2 aromatic rings. The van der Waals surface area contributed by atoms with E-state index < -0.39 is 17.7 Å². The highest BCUT2D eigenvalue weighted by atomic mass is 16.6.